The summed E-state index contributed by atoms with van der Waals surface area (Å²) in [7, 11) is 3.05. The first-order valence-electron chi connectivity index (χ1n) is 9.20. The van der Waals surface area contributed by atoms with E-state index in [4.69, 9.17) is 19.9 Å². The number of hydrogen-bond donors (Lipinski definition) is 2. The van der Waals surface area contributed by atoms with Gasteiger partial charge in [0.15, 0.2) is 18.1 Å². The Labute approximate surface area is 187 Å². The number of amides is 1. The van der Waals surface area contributed by atoms with Crippen LogP contribution in [0.5, 0.6) is 17.2 Å². The number of rotatable bonds is 8. The Balaban J connectivity index is 1.71. The Morgan fingerprint density at radius 2 is 2.00 bits per heavy atom. The van der Waals surface area contributed by atoms with Crippen molar-refractivity contribution in [3.05, 3.63) is 58.3 Å². The number of carbonyl (C=O) groups excluding carboxylic acids is 1. The van der Waals surface area contributed by atoms with Gasteiger partial charge in [0.25, 0.3) is 5.91 Å². The van der Waals surface area contributed by atoms with Crippen LogP contribution in [0, 0.1) is 6.92 Å². The van der Waals surface area contributed by atoms with Gasteiger partial charge in [-0.05, 0) is 52.7 Å². The number of imidazole rings is 1. The molecule has 0 bridgehead atoms. The minimum absolute atomic E-state index is 0.217. The van der Waals surface area contributed by atoms with Crippen molar-refractivity contribution in [2.24, 2.45) is 5.10 Å². The van der Waals surface area contributed by atoms with E-state index in [9.17, 15) is 4.79 Å². The second-order valence-corrected chi connectivity index (χ2v) is 7.26. The standard InChI is InChI=1S/C21H22BrN5O4/c1-13-11-27(21(23)25-13)24-10-14-8-15(22)20(18(9-14)30-3)31-12-19(28)26-16-6-4-5-7-17(16)29-2/h4-11H,12H2,1-3H3,(H2,23,25)(H,26,28). The van der Waals surface area contributed by atoms with Crippen LogP contribution < -0.4 is 25.3 Å². The van der Waals surface area contributed by atoms with Gasteiger partial charge in [-0.2, -0.15) is 5.10 Å². The largest absolute Gasteiger partial charge is 0.495 e. The average Bonchev–Trinajstić information content (AvgIpc) is 3.08. The number of nitrogens with two attached hydrogens (primary N) is 1. The number of halogens is 1. The molecule has 3 rings (SSSR count). The molecule has 0 aliphatic rings. The first-order chi connectivity index (χ1) is 14.9. The zero-order valence-electron chi connectivity index (χ0n) is 17.3. The maximum Gasteiger partial charge on any atom is 0.262 e. The fourth-order valence-corrected chi connectivity index (χ4v) is 3.33. The van der Waals surface area contributed by atoms with Crippen LogP contribution in [0.25, 0.3) is 0 Å². The molecule has 0 spiro atoms. The van der Waals surface area contributed by atoms with E-state index in [-0.39, 0.29) is 12.5 Å². The molecular weight excluding hydrogens is 466 g/mol. The second kappa shape index (κ2) is 9.98. The molecule has 1 aromatic heterocycles. The molecule has 0 aliphatic carbocycles. The summed E-state index contributed by atoms with van der Waals surface area (Å²) < 4.78 is 18.4. The number of nitrogens with zero attached hydrogens (tertiary/aromatic N) is 3. The molecule has 0 unspecified atom stereocenters. The van der Waals surface area contributed by atoms with E-state index >= 15 is 0 Å². The van der Waals surface area contributed by atoms with Gasteiger partial charge in [-0.1, -0.05) is 12.1 Å². The molecule has 0 atom stereocenters. The van der Waals surface area contributed by atoms with E-state index in [1.807, 2.05) is 13.0 Å². The maximum absolute atomic E-state index is 12.3. The highest BCUT2D eigenvalue weighted by Gasteiger charge is 2.14. The lowest BCUT2D eigenvalue weighted by molar-refractivity contribution is -0.118. The molecule has 0 fully saturated rings. The fourth-order valence-electron chi connectivity index (χ4n) is 2.75. The van der Waals surface area contributed by atoms with E-state index in [0.29, 0.717) is 33.4 Å². The van der Waals surface area contributed by atoms with Crippen molar-refractivity contribution in [2.75, 3.05) is 31.9 Å². The van der Waals surface area contributed by atoms with Gasteiger partial charge < -0.3 is 25.3 Å². The molecule has 0 aliphatic heterocycles. The van der Waals surface area contributed by atoms with Gasteiger partial charge in [0.05, 0.1) is 42.5 Å². The first kappa shape index (κ1) is 22.2. The number of aromatic nitrogens is 2. The Morgan fingerprint density at radius 1 is 1.26 bits per heavy atom. The van der Waals surface area contributed by atoms with E-state index in [2.05, 4.69) is 31.3 Å². The molecule has 0 radical (unpaired) electrons. The number of para-hydroxylation sites is 2. The van der Waals surface area contributed by atoms with Gasteiger partial charge >= 0.3 is 0 Å². The predicted octanol–water partition coefficient (Wildman–Crippen LogP) is 3.45. The van der Waals surface area contributed by atoms with Crippen LogP contribution in [0.3, 0.4) is 0 Å². The van der Waals surface area contributed by atoms with Crippen LogP contribution in [0.15, 0.2) is 52.2 Å². The molecular formula is C21H22BrN5O4. The zero-order chi connectivity index (χ0) is 22.4. The maximum atomic E-state index is 12.3. The lowest BCUT2D eigenvalue weighted by Crippen LogP contribution is -2.20. The molecule has 1 amide bonds. The van der Waals surface area contributed by atoms with E-state index in [1.165, 1.54) is 18.9 Å². The van der Waals surface area contributed by atoms with Crippen molar-refractivity contribution >= 4 is 39.7 Å². The molecule has 2 aromatic carbocycles. The van der Waals surface area contributed by atoms with Crippen LogP contribution in [-0.4, -0.2) is 42.6 Å². The minimum atomic E-state index is -0.338. The van der Waals surface area contributed by atoms with Crippen LogP contribution in [0.1, 0.15) is 11.3 Å². The van der Waals surface area contributed by atoms with Crippen molar-refractivity contribution in [1.82, 2.24) is 9.66 Å². The van der Waals surface area contributed by atoms with Gasteiger partial charge in [-0.3, -0.25) is 4.79 Å². The average molecular weight is 488 g/mol. The Morgan fingerprint density at radius 3 is 2.68 bits per heavy atom. The Hall–Kier alpha value is -3.53. The van der Waals surface area contributed by atoms with Crippen molar-refractivity contribution in [3.8, 4) is 17.2 Å². The minimum Gasteiger partial charge on any atom is -0.495 e. The summed E-state index contributed by atoms with van der Waals surface area (Å²) in [6.45, 7) is 1.61. The monoisotopic (exact) mass is 487 g/mol. The molecule has 162 valence electrons. The van der Waals surface area contributed by atoms with Gasteiger partial charge in [0.2, 0.25) is 5.95 Å². The number of carbonyl (C=O) groups is 1. The van der Waals surface area contributed by atoms with Crippen LogP contribution in [-0.2, 0) is 4.79 Å². The van der Waals surface area contributed by atoms with E-state index < -0.39 is 0 Å². The van der Waals surface area contributed by atoms with Crippen molar-refractivity contribution in [1.29, 1.82) is 0 Å². The number of anilines is 2. The van der Waals surface area contributed by atoms with Gasteiger partial charge in [-0.25, -0.2) is 9.66 Å². The summed E-state index contributed by atoms with van der Waals surface area (Å²) in [6.07, 6.45) is 3.33. The van der Waals surface area contributed by atoms with Crippen molar-refractivity contribution in [3.63, 3.8) is 0 Å². The third-order valence-corrected chi connectivity index (χ3v) is 4.74. The quantitative estimate of drug-likeness (QED) is 0.470. The van der Waals surface area contributed by atoms with Crippen LogP contribution >= 0.6 is 15.9 Å². The number of nitrogen functional groups attached to an aromatic ring is 1. The number of benzene rings is 2. The van der Waals surface area contributed by atoms with Crippen LogP contribution in [0.2, 0.25) is 0 Å². The van der Waals surface area contributed by atoms with Gasteiger partial charge in [0, 0.05) is 0 Å². The number of aryl methyl sites for hydroxylation is 1. The lowest BCUT2D eigenvalue weighted by atomic mass is 10.2. The third-order valence-electron chi connectivity index (χ3n) is 4.15. The highest BCUT2D eigenvalue weighted by Crippen LogP contribution is 2.36. The summed E-state index contributed by atoms with van der Waals surface area (Å²) in [5.41, 5.74) is 7.86. The molecule has 10 heteroatoms. The summed E-state index contributed by atoms with van der Waals surface area (Å²) in [4.78, 5) is 16.4. The van der Waals surface area contributed by atoms with Gasteiger partial charge in [0.1, 0.15) is 5.75 Å². The Kier molecular flexibility index (Phi) is 7.14. The molecule has 0 saturated heterocycles. The highest BCUT2D eigenvalue weighted by atomic mass is 79.9. The Bertz CT molecular complexity index is 1110. The molecule has 3 aromatic rings. The molecule has 9 nitrogen and oxygen atoms in total. The normalized spacial score (nSPS) is 10.8. The number of nitrogens with one attached hydrogen (secondary N) is 1. The van der Waals surface area contributed by atoms with Crippen molar-refractivity contribution < 1.29 is 19.0 Å². The highest BCUT2D eigenvalue weighted by molar-refractivity contribution is 9.10. The van der Waals surface area contributed by atoms with E-state index in [1.54, 1.807) is 42.7 Å². The van der Waals surface area contributed by atoms with Crippen LogP contribution in [0.4, 0.5) is 11.6 Å². The summed E-state index contributed by atoms with van der Waals surface area (Å²) in [5.74, 6) is 1.35. The zero-order valence-corrected chi connectivity index (χ0v) is 18.8. The number of ether oxygens (including phenoxy) is 3. The van der Waals surface area contributed by atoms with Gasteiger partial charge in [-0.15, -0.1) is 0 Å². The van der Waals surface area contributed by atoms with E-state index in [0.717, 1.165) is 11.3 Å². The predicted molar refractivity (Wildman–Crippen MR) is 122 cm³/mol. The molecule has 3 N–H and O–H groups in total. The molecule has 31 heavy (non-hydrogen) atoms. The third kappa shape index (κ3) is 5.54. The first-order valence-corrected chi connectivity index (χ1v) is 9.99. The lowest BCUT2D eigenvalue weighted by Gasteiger charge is -2.14. The summed E-state index contributed by atoms with van der Waals surface area (Å²) in [6, 6.07) is 10.7. The number of hydrogen-bond acceptors (Lipinski definition) is 7. The molecule has 0 saturated carbocycles. The van der Waals surface area contributed by atoms with Crippen molar-refractivity contribution in [2.45, 2.75) is 6.92 Å². The smallest absolute Gasteiger partial charge is 0.262 e. The topological polar surface area (TPSA) is 113 Å². The fraction of sp³-hybridized carbons (Fsp3) is 0.190. The summed E-state index contributed by atoms with van der Waals surface area (Å²) in [5, 5.41) is 7.05. The summed E-state index contributed by atoms with van der Waals surface area (Å²) >= 11 is 3.46. The number of methoxy groups -OCH3 is 2. The second-order valence-electron chi connectivity index (χ2n) is 6.40. The molecule has 1 heterocycles. The SMILES string of the molecule is COc1ccccc1NC(=O)COc1c(Br)cc(C=Nn2cc(C)nc2N)cc1OC.